The second kappa shape index (κ2) is 4.96. The van der Waals surface area contributed by atoms with E-state index in [1.165, 1.54) is 0 Å². The summed E-state index contributed by atoms with van der Waals surface area (Å²) in [6, 6.07) is 2.64. The Kier molecular flexibility index (Phi) is 4.17. The third-order valence-corrected chi connectivity index (χ3v) is 3.94. The van der Waals surface area contributed by atoms with Crippen LogP contribution in [0.2, 0.25) is 0 Å². The Balaban J connectivity index is 2.49. The fraction of sp³-hybridized carbons (Fsp3) is 0.800. The Labute approximate surface area is 98.4 Å². The molecule has 4 heteroatoms. The van der Waals surface area contributed by atoms with Crippen molar-refractivity contribution in [2.24, 2.45) is 0 Å². The van der Waals surface area contributed by atoms with Gasteiger partial charge in [-0.25, -0.2) is 0 Å². The van der Waals surface area contributed by atoms with Crippen LogP contribution in [-0.2, 0) is 4.79 Å². The Hall–Kier alpha value is -0.310. The van der Waals surface area contributed by atoms with Gasteiger partial charge in [-0.05, 0) is 32.1 Å². The summed E-state index contributed by atoms with van der Waals surface area (Å²) in [5, 5.41) is 11.9. The van der Waals surface area contributed by atoms with E-state index in [1.807, 2.05) is 0 Å². The van der Waals surface area contributed by atoms with Crippen LogP contribution in [0.5, 0.6) is 0 Å². The first-order valence-corrected chi connectivity index (χ1v) is 6.01. The SMILES string of the molecule is CC(=O)NC1CCCC(I)(C#N)CC1. The molecule has 78 valence electrons. The van der Waals surface area contributed by atoms with Gasteiger partial charge < -0.3 is 5.32 Å². The minimum atomic E-state index is -0.203. The number of carbonyl (C=O) groups excluding carboxylic acids is 1. The van der Waals surface area contributed by atoms with Gasteiger partial charge in [0.1, 0.15) is 3.42 Å². The lowest BCUT2D eigenvalue weighted by Crippen LogP contribution is -2.32. The van der Waals surface area contributed by atoms with E-state index in [0.29, 0.717) is 0 Å². The van der Waals surface area contributed by atoms with Gasteiger partial charge in [0, 0.05) is 13.0 Å². The second-order valence-corrected chi connectivity index (χ2v) is 5.97. The van der Waals surface area contributed by atoms with Gasteiger partial charge in [0.15, 0.2) is 0 Å². The summed E-state index contributed by atoms with van der Waals surface area (Å²) in [5.74, 6) is 0.0351. The molecule has 0 saturated heterocycles. The molecule has 2 atom stereocenters. The lowest BCUT2D eigenvalue weighted by atomic mass is 10.0. The highest BCUT2D eigenvalue weighted by atomic mass is 127. The van der Waals surface area contributed by atoms with E-state index in [0.717, 1.165) is 32.1 Å². The third-order valence-electron chi connectivity index (χ3n) is 2.62. The average Bonchev–Trinajstić information content (AvgIpc) is 2.29. The predicted octanol–water partition coefficient (Wildman–Crippen LogP) is 2.15. The average molecular weight is 306 g/mol. The highest BCUT2D eigenvalue weighted by molar-refractivity contribution is 14.1. The molecule has 14 heavy (non-hydrogen) atoms. The van der Waals surface area contributed by atoms with Crippen molar-refractivity contribution in [3.8, 4) is 6.07 Å². The number of hydrogen-bond donors (Lipinski definition) is 1. The van der Waals surface area contributed by atoms with E-state index in [2.05, 4.69) is 34.0 Å². The summed E-state index contributed by atoms with van der Waals surface area (Å²) in [7, 11) is 0. The van der Waals surface area contributed by atoms with Crippen LogP contribution in [0.1, 0.15) is 39.0 Å². The van der Waals surface area contributed by atoms with Crippen LogP contribution in [0.15, 0.2) is 0 Å². The van der Waals surface area contributed by atoms with Gasteiger partial charge in [0.25, 0.3) is 0 Å². The smallest absolute Gasteiger partial charge is 0.217 e. The number of carbonyl (C=O) groups is 1. The minimum Gasteiger partial charge on any atom is -0.354 e. The number of amides is 1. The predicted molar refractivity (Wildman–Crippen MR) is 63.1 cm³/mol. The highest BCUT2D eigenvalue weighted by Gasteiger charge is 2.30. The fourth-order valence-electron chi connectivity index (χ4n) is 1.84. The number of hydrogen-bond acceptors (Lipinski definition) is 2. The molecule has 0 bridgehead atoms. The zero-order chi connectivity index (χ0) is 10.6. The molecule has 1 amide bonds. The first kappa shape index (κ1) is 11.8. The van der Waals surface area contributed by atoms with Crippen LogP contribution in [-0.4, -0.2) is 15.4 Å². The molecule has 0 spiro atoms. The monoisotopic (exact) mass is 306 g/mol. The number of nitriles is 1. The largest absolute Gasteiger partial charge is 0.354 e. The molecule has 1 saturated carbocycles. The number of halogens is 1. The molecule has 0 aromatic carbocycles. The first-order chi connectivity index (χ1) is 6.56. The Morgan fingerprint density at radius 3 is 2.86 bits per heavy atom. The fourth-order valence-corrected chi connectivity index (χ4v) is 2.54. The van der Waals surface area contributed by atoms with Crippen molar-refractivity contribution in [1.82, 2.24) is 5.32 Å². The van der Waals surface area contributed by atoms with Crippen LogP contribution < -0.4 is 5.32 Å². The Morgan fingerprint density at radius 1 is 1.57 bits per heavy atom. The van der Waals surface area contributed by atoms with E-state index < -0.39 is 0 Å². The molecule has 1 rings (SSSR count). The van der Waals surface area contributed by atoms with Gasteiger partial charge in [0.2, 0.25) is 5.91 Å². The van der Waals surface area contributed by atoms with Crippen molar-refractivity contribution in [2.45, 2.75) is 48.5 Å². The molecule has 0 heterocycles. The number of alkyl halides is 1. The lowest BCUT2D eigenvalue weighted by Gasteiger charge is -2.17. The second-order valence-electron chi connectivity index (χ2n) is 3.91. The summed E-state index contributed by atoms with van der Waals surface area (Å²) in [6.45, 7) is 1.55. The van der Waals surface area contributed by atoms with Gasteiger partial charge in [-0.3, -0.25) is 4.79 Å². The normalized spacial score (nSPS) is 32.8. The van der Waals surface area contributed by atoms with Gasteiger partial charge in [-0.2, -0.15) is 5.26 Å². The quantitative estimate of drug-likeness (QED) is 0.458. The summed E-state index contributed by atoms with van der Waals surface area (Å²) in [4.78, 5) is 10.9. The highest BCUT2D eigenvalue weighted by Crippen LogP contribution is 2.34. The minimum absolute atomic E-state index is 0.0351. The van der Waals surface area contributed by atoms with Gasteiger partial charge in [0.05, 0.1) is 6.07 Å². The van der Waals surface area contributed by atoms with Crippen molar-refractivity contribution < 1.29 is 4.79 Å². The molecule has 3 nitrogen and oxygen atoms in total. The van der Waals surface area contributed by atoms with Gasteiger partial charge in [-0.15, -0.1) is 0 Å². The number of nitrogens with one attached hydrogen (secondary N) is 1. The van der Waals surface area contributed by atoms with Crippen LogP contribution in [0, 0.1) is 11.3 Å². The zero-order valence-corrected chi connectivity index (χ0v) is 10.5. The van der Waals surface area contributed by atoms with E-state index in [1.54, 1.807) is 6.92 Å². The van der Waals surface area contributed by atoms with E-state index >= 15 is 0 Å². The van der Waals surface area contributed by atoms with Crippen LogP contribution in [0.3, 0.4) is 0 Å². The van der Waals surface area contributed by atoms with Crippen molar-refractivity contribution in [3.63, 3.8) is 0 Å². The van der Waals surface area contributed by atoms with Gasteiger partial charge in [-0.1, -0.05) is 22.6 Å². The summed E-state index contributed by atoms with van der Waals surface area (Å²) in [6.07, 6.45) is 4.79. The lowest BCUT2D eigenvalue weighted by molar-refractivity contribution is -0.119. The summed E-state index contributed by atoms with van der Waals surface area (Å²) in [5.41, 5.74) is 0. The maximum absolute atomic E-state index is 10.9. The van der Waals surface area contributed by atoms with Crippen molar-refractivity contribution in [1.29, 1.82) is 5.26 Å². The maximum Gasteiger partial charge on any atom is 0.217 e. The molecular formula is C10H15IN2O. The van der Waals surface area contributed by atoms with E-state index in [9.17, 15) is 4.79 Å². The van der Waals surface area contributed by atoms with Crippen LogP contribution >= 0.6 is 22.6 Å². The molecular weight excluding hydrogens is 291 g/mol. The molecule has 0 radical (unpaired) electrons. The van der Waals surface area contributed by atoms with Gasteiger partial charge >= 0.3 is 0 Å². The first-order valence-electron chi connectivity index (χ1n) is 4.93. The van der Waals surface area contributed by atoms with Crippen molar-refractivity contribution in [3.05, 3.63) is 0 Å². The molecule has 0 aliphatic heterocycles. The van der Waals surface area contributed by atoms with Crippen LogP contribution in [0.25, 0.3) is 0 Å². The van der Waals surface area contributed by atoms with Crippen molar-refractivity contribution >= 4 is 28.5 Å². The van der Waals surface area contributed by atoms with E-state index in [4.69, 9.17) is 5.26 Å². The number of nitrogens with zero attached hydrogens (tertiary/aromatic N) is 1. The molecule has 2 unspecified atom stereocenters. The molecule has 1 aliphatic carbocycles. The maximum atomic E-state index is 10.9. The summed E-state index contributed by atoms with van der Waals surface area (Å²) < 4.78 is -0.203. The topological polar surface area (TPSA) is 52.9 Å². The Bertz CT molecular complexity index is 261. The molecule has 0 aromatic rings. The van der Waals surface area contributed by atoms with Crippen LogP contribution in [0.4, 0.5) is 0 Å². The summed E-state index contributed by atoms with van der Waals surface area (Å²) >= 11 is 2.25. The third kappa shape index (κ3) is 3.45. The zero-order valence-electron chi connectivity index (χ0n) is 8.35. The van der Waals surface area contributed by atoms with Crippen molar-refractivity contribution in [2.75, 3.05) is 0 Å². The van der Waals surface area contributed by atoms with E-state index in [-0.39, 0.29) is 15.4 Å². The molecule has 0 aromatic heterocycles. The number of rotatable bonds is 1. The standard InChI is InChI=1S/C10H15IN2O/c1-8(14)13-9-3-2-5-10(11,7-12)6-4-9/h9H,2-6H2,1H3,(H,13,14). The Morgan fingerprint density at radius 2 is 2.29 bits per heavy atom. The molecule has 1 aliphatic rings. The molecule has 1 N–H and O–H groups in total. The molecule has 1 fully saturated rings.